The lowest BCUT2D eigenvalue weighted by molar-refractivity contribution is 0.322. The molecule has 0 amide bonds. The van der Waals surface area contributed by atoms with Crippen molar-refractivity contribution < 1.29 is 21.0 Å². The zero-order valence-corrected chi connectivity index (χ0v) is 18.4. The second-order valence-electron chi connectivity index (χ2n) is 6.34. The van der Waals surface area contributed by atoms with Gasteiger partial charge in [0.1, 0.15) is 5.75 Å². The maximum Gasteiger partial charge on any atom is 0.308 e. The van der Waals surface area contributed by atoms with Crippen molar-refractivity contribution in [2.24, 2.45) is 0 Å². The van der Waals surface area contributed by atoms with E-state index in [1.165, 1.54) is 41.6 Å². The van der Waals surface area contributed by atoms with Gasteiger partial charge in [-0.25, -0.2) is 8.42 Å². The molecule has 0 aliphatic heterocycles. The Labute approximate surface area is 172 Å². The summed E-state index contributed by atoms with van der Waals surface area (Å²) in [5.74, 6) is 0.00796. The van der Waals surface area contributed by atoms with Gasteiger partial charge in [0.15, 0.2) is 0 Å². The van der Waals surface area contributed by atoms with E-state index >= 15 is 0 Å². The largest absolute Gasteiger partial charge is 0.382 e. The molecule has 9 heteroatoms. The summed E-state index contributed by atoms with van der Waals surface area (Å²) in [6, 6.07) is 12.2. The van der Waals surface area contributed by atoms with Crippen molar-refractivity contribution in [3.8, 4) is 5.75 Å². The van der Waals surface area contributed by atoms with Gasteiger partial charge in [-0.05, 0) is 62.2 Å². The van der Waals surface area contributed by atoms with E-state index in [-0.39, 0.29) is 29.0 Å². The fourth-order valence-electron chi connectivity index (χ4n) is 2.50. The Balaban J connectivity index is 2.36. The van der Waals surface area contributed by atoms with Gasteiger partial charge >= 0.3 is 10.1 Å². The van der Waals surface area contributed by atoms with Crippen LogP contribution < -0.4 is 4.18 Å². The average Bonchev–Trinajstić information content (AvgIpc) is 2.65. The summed E-state index contributed by atoms with van der Waals surface area (Å²) in [6.45, 7) is 5.31. The van der Waals surface area contributed by atoms with E-state index in [0.717, 1.165) is 0 Å². The van der Waals surface area contributed by atoms with Crippen LogP contribution in [0.15, 0.2) is 53.4 Å². The molecule has 28 heavy (non-hydrogen) atoms. The van der Waals surface area contributed by atoms with Gasteiger partial charge < -0.3 is 4.18 Å². The molecule has 0 saturated carbocycles. The predicted molar refractivity (Wildman–Crippen MR) is 110 cm³/mol. The van der Waals surface area contributed by atoms with Gasteiger partial charge in [-0.3, -0.25) is 0 Å². The van der Waals surface area contributed by atoms with E-state index in [1.54, 1.807) is 18.2 Å². The van der Waals surface area contributed by atoms with Crippen LogP contribution in [0.1, 0.15) is 32.8 Å². The molecule has 0 N–H and O–H groups in total. The number of rotatable bonds is 9. The third kappa shape index (κ3) is 5.70. The molecule has 0 spiro atoms. The maximum absolute atomic E-state index is 13.2. The standard InChI is InChI=1S/C19H24ClNO5S2/c1-4-15(3)21(28(24,25)19-11-9-17(20)10-12-19)14-16-7-6-8-18(13-16)26-27(22,23)5-2/h6-13,15H,4-5,14H2,1-3H3. The Hall–Kier alpha value is -1.61. The number of benzene rings is 2. The zero-order valence-electron chi connectivity index (χ0n) is 16.0. The molecule has 0 aliphatic rings. The second-order valence-corrected chi connectivity index (χ2v) is 10.5. The fourth-order valence-corrected chi connectivity index (χ4v) is 4.84. The highest BCUT2D eigenvalue weighted by Gasteiger charge is 2.28. The van der Waals surface area contributed by atoms with Gasteiger partial charge in [0.2, 0.25) is 10.0 Å². The van der Waals surface area contributed by atoms with Crippen molar-refractivity contribution in [2.45, 2.75) is 44.7 Å². The van der Waals surface area contributed by atoms with Crippen molar-refractivity contribution in [3.05, 3.63) is 59.1 Å². The van der Waals surface area contributed by atoms with Gasteiger partial charge in [0.05, 0.1) is 10.6 Å². The van der Waals surface area contributed by atoms with Crippen molar-refractivity contribution in [3.63, 3.8) is 0 Å². The second kappa shape index (κ2) is 9.26. The molecule has 154 valence electrons. The summed E-state index contributed by atoms with van der Waals surface area (Å²) in [7, 11) is -7.42. The van der Waals surface area contributed by atoms with Crippen LogP contribution in [-0.4, -0.2) is 32.9 Å². The third-order valence-electron chi connectivity index (χ3n) is 4.32. The molecular formula is C19H24ClNO5S2. The van der Waals surface area contributed by atoms with Crippen molar-refractivity contribution >= 4 is 31.7 Å². The molecule has 6 nitrogen and oxygen atoms in total. The van der Waals surface area contributed by atoms with Gasteiger partial charge in [0.25, 0.3) is 0 Å². The Bertz CT molecular complexity index is 1000. The minimum absolute atomic E-state index is 0.0866. The quantitative estimate of drug-likeness (QED) is 0.543. The monoisotopic (exact) mass is 445 g/mol. The van der Waals surface area contributed by atoms with E-state index in [2.05, 4.69) is 0 Å². The van der Waals surface area contributed by atoms with Crippen LogP contribution in [0, 0.1) is 0 Å². The normalized spacial score (nSPS) is 13.5. The van der Waals surface area contributed by atoms with E-state index in [1.807, 2.05) is 13.8 Å². The zero-order chi connectivity index (χ0) is 20.9. The number of hydrogen-bond donors (Lipinski definition) is 0. The highest BCUT2D eigenvalue weighted by molar-refractivity contribution is 7.89. The van der Waals surface area contributed by atoms with Crippen molar-refractivity contribution in [2.75, 3.05) is 5.75 Å². The number of sulfonamides is 1. The summed E-state index contributed by atoms with van der Waals surface area (Å²) >= 11 is 5.87. The molecule has 1 unspecified atom stereocenters. The van der Waals surface area contributed by atoms with Crippen LogP contribution in [0.5, 0.6) is 5.75 Å². The van der Waals surface area contributed by atoms with Crippen LogP contribution in [0.4, 0.5) is 0 Å². The lowest BCUT2D eigenvalue weighted by Gasteiger charge is -2.28. The highest BCUT2D eigenvalue weighted by atomic mass is 35.5. The minimum Gasteiger partial charge on any atom is -0.382 e. The van der Waals surface area contributed by atoms with Crippen LogP contribution in [0.25, 0.3) is 0 Å². The predicted octanol–water partition coefficient (Wildman–Crippen LogP) is 4.06. The SMILES string of the molecule is CCC(C)N(Cc1cccc(OS(=O)(=O)CC)c1)S(=O)(=O)c1ccc(Cl)cc1. The first-order chi connectivity index (χ1) is 13.1. The Morgan fingerprint density at radius 1 is 1.04 bits per heavy atom. The molecule has 1 atom stereocenters. The fraction of sp³-hybridized carbons (Fsp3) is 0.368. The van der Waals surface area contributed by atoms with E-state index in [0.29, 0.717) is 17.0 Å². The molecule has 0 heterocycles. The average molecular weight is 446 g/mol. The Morgan fingerprint density at radius 2 is 1.68 bits per heavy atom. The Morgan fingerprint density at radius 3 is 2.25 bits per heavy atom. The Kier molecular flexibility index (Phi) is 7.50. The molecular weight excluding hydrogens is 422 g/mol. The summed E-state index contributed by atoms with van der Waals surface area (Å²) < 4.78 is 56.1. The maximum atomic E-state index is 13.2. The minimum atomic E-state index is -3.76. The highest BCUT2D eigenvalue weighted by Crippen LogP contribution is 2.25. The molecule has 0 aliphatic carbocycles. The summed E-state index contributed by atoms with van der Waals surface area (Å²) in [4.78, 5) is 0.151. The first-order valence-corrected chi connectivity index (χ1v) is 12.3. The molecule has 2 aromatic rings. The third-order valence-corrected chi connectivity index (χ3v) is 7.70. The first-order valence-electron chi connectivity index (χ1n) is 8.87. The molecule has 0 radical (unpaired) electrons. The van der Waals surface area contributed by atoms with Gasteiger partial charge in [-0.1, -0.05) is 30.7 Å². The molecule has 0 aromatic heterocycles. The molecule has 0 saturated heterocycles. The summed E-state index contributed by atoms with van der Waals surface area (Å²) in [5, 5.41) is 0.455. The van der Waals surface area contributed by atoms with Crippen LogP contribution >= 0.6 is 11.6 Å². The van der Waals surface area contributed by atoms with Crippen LogP contribution in [0.3, 0.4) is 0 Å². The van der Waals surface area contributed by atoms with E-state index in [4.69, 9.17) is 15.8 Å². The smallest absolute Gasteiger partial charge is 0.308 e. The van der Waals surface area contributed by atoms with E-state index < -0.39 is 20.1 Å². The van der Waals surface area contributed by atoms with Crippen molar-refractivity contribution in [1.29, 1.82) is 0 Å². The van der Waals surface area contributed by atoms with Crippen molar-refractivity contribution in [1.82, 2.24) is 4.31 Å². The van der Waals surface area contributed by atoms with Crippen LogP contribution in [0.2, 0.25) is 5.02 Å². The lowest BCUT2D eigenvalue weighted by Crippen LogP contribution is -2.37. The van der Waals surface area contributed by atoms with Gasteiger partial charge in [0, 0.05) is 17.6 Å². The molecule has 0 fully saturated rings. The van der Waals surface area contributed by atoms with Crippen LogP contribution in [-0.2, 0) is 26.7 Å². The number of halogens is 1. The summed E-state index contributed by atoms with van der Waals surface area (Å²) in [5.41, 5.74) is 0.627. The molecule has 2 rings (SSSR count). The molecule has 2 aromatic carbocycles. The lowest BCUT2D eigenvalue weighted by atomic mass is 10.2. The number of nitrogens with zero attached hydrogens (tertiary/aromatic N) is 1. The summed E-state index contributed by atoms with van der Waals surface area (Å²) in [6.07, 6.45) is 0.618. The number of hydrogen-bond acceptors (Lipinski definition) is 5. The van der Waals surface area contributed by atoms with E-state index in [9.17, 15) is 16.8 Å². The van der Waals surface area contributed by atoms with Gasteiger partial charge in [-0.2, -0.15) is 12.7 Å². The topological polar surface area (TPSA) is 80.8 Å². The van der Waals surface area contributed by atoms with Gasteiger partial charge in [-0.15, -0.1) is 0 Å². The first kappa shape index (κ1) is 22.7. The molecule has 0 bridgehead atoms.